The summed E-state index contributed by atoms with van der Waals surface area (Å²) in [5.74, 6) is 0.444. The Morgan fingerprint density at radius 3 is 2.73 bits per heavy atom. The largest absolute Gasteiger partial charge is 0.443 e. The number of pyridine rings is 1. The molecule has 0 fully saturated rings. The molecule has 0 aromatic carbocycles. The molecule has 0 aliphatic heterocycles. The van der Waals surface area contributed by atoms with Gasteiger partial charge in [0, 0.05) is 10.7 Å². The Balaban J connectivity index is 0.00000112. The summed E-state index contributed by atoms with van der Waals surface area (Å²) >= 11 is 9.26. The second-order valence-corrected chi connectivity index (χ2v) is 4.10. The second kappa shape index (κ2) is 4.77. The minimum absolute atomic E-state index is 0. The number of aryl methyl sites for hydroxylation is 1. The average molecular weight is 290 g/mol. The van der Waals surface area contributed by atoms with E-state index in [1.54, 1.807) is 18.5 Å². The fraction of sp³-hybridized carbons (Fsp3) is 0.200. The zero-order valence-electron chi connectivity index (χ0n) is 7.29. The quantitative estimate of drug-likeness (QED) is 0.793. The van der Waals surface area contributed by atoms with Crippen molar-refractivity contribution in [1.29, 1.82) is 0 Å². The standard InChI is InChI=1S/C9H6BrClN2O.CH4/c1-5-4-14-9(13-5)8-7(11)2-6(10)3-12-8;/h2-4H,1H3;1H4. The fourth-order valence-electron chi connectivity index (χ4n) is 1.03. The van der Waals surface area contributed by atoms with E-state index in [-0.39, 0.29) is 7.43 Å². The number of hydrogen-bond donors (Lipinski definition) is 0. The third-order valence-electron chi connectivity index (χ3n) is 1.63. The number of halogens is 2. The van der Waals surface area contributed by atoms with Gasteiger partial charge in [-0.05, 0) is 28.9 Å². The molecule has 2 heterocycles. The maximum Gasteiger partial charge on any atom is 0.246 e. The van der Waals surface area contributed by atoms with Crippen molar-refractivity contribution in [3.8, 4) is 11.6 Å². The minimum atomic E-state index is 0. The third-order valence-corrected chi connectivity index (χ3v) is 2.35. The molecule has 80 valence electrons. The van der Waals surface area contributed by atoms with E-state index in [0.717, 1.165) is 10.2 Å². The van der Waals surface area contributed by atoms with Crippen LogP contribution in [0.25, 0.3) is 11.6 Å². The molecule has 0 atom stereocenters. The van der Waals surface area contributed by atoms with E-state index in [0.29, 0.717) is 16.6 Å². The first-order valence-corrected chi connectivity index (χ1v) is 5.07. The lowest BCUT2D eigenvalue weighted by Crippen LogP contribution is -1.85. The zero-order valence-corrected chi connectivity index (χ0v) is 9.63. The minimum Gasteiger partial charge on any atom is -0.443 e. The van der Waals surface area contributed by atoms with Gasteiger partial charge in [0.2, 0.25) is 5.89 Å². The van der Waals surface area contributed by atoms with Gasteiger partial charge in [0.15, 0.2) is 0 Å². The van der Waals surface area contributed by atoms with Crippen LogP contribution < -0.4 is 0 Å². The molecule has 15 heavy (non-hydrogen) atoms. The molecule has 0 unspecified atom stereocenters. The summed E-state index contributed by atoms with van der Waals surface area (Å²) < 4.78 is 6.03. The van der Waals surface area contributed by atoms with Gasteiger partial charge in [-0.1, -0.05) is 19.0 Å². The van der Waals surface area contributed by atoms with Gasteiger partial charge in [0.05, 0.1) is 10.7 Å². The predicted molar refractivity (Wildman–Crippen MR) is 63.9 cm³/mol. The van der Waals surface area contributed by atoms with Gasteiger partial charge in [0.1, 0.15) is 12.0 Å². The Kier molecular flexibility index (Phi) is 3.88. The molecule has 2 aromatic heterocycles. The van der Waals surface area contributed by atoms with Gasteiger partial charge in [0.25, 0.3) is 0 Å². The van der Waals surface area contributed by atoms with Crippen LogP contribution in [0.2, 0.25) is 5.02 Å². The Morgan fingerprint density at radius 1 is 1.47 bits per heavy atom. The molecule has 2 rings (SSSR count). The van der Waals surface area contributed by atoms with Gasteiger partial charge < -0.3 is 4.42 Å². The number of nitrogens with zero attached hydrogens (tertiary/aromatic N) is 2. The van der Waals surface area contributed by atoms with E-state index < -0.39 is 0 Å². The molecule has 0 amide bonds. The van der Waals surface area contributed by atoms with Crippen molar-refractivity contribution < 1.29 is 4.42 Å². The van der Waals surface area contributed by atoms with Crippen LogP contribution >= 0.6 is 27.5 Å². The highest BCUT2D eigenvalue weighted by molar-refractivity contribution is 9.10. The lowest BCUT2D eigenvalue weighted by molar-refractivity contribution is 0.571. The van der Waals surface area contributed by atoms with Crippen molar-refractivity contribution in [1.82, 2.24) is 9.97 Å². The second-order valence-electron chi connectivity index (χ2n) is 2.78. The van der Waals surface area contributed by atoms with Crippen LogP contribution in [0.4, 0.5) is 0 Å². The van der Waals surface area contributed by atoms with Gasteiger partial charge in [-0.2, -0.15) is 0 Å². The molecule has 0 radical (unpaired) electrons. The first-order valence-electron chi connectivity index (χ1n) is 3.90. The smallest absolute Gasteiger partial charge is 0.246 e. The Morgan fingerprint density at radius 2 is 2.20 bits per heavy atom. The monoisotopic (exact) mass is 288 g/mol. The first kappa shape index (κ1) is 12.2. The van der Waals surface area contributed by atoms with E-state index in [4.69, 9.17) is 16.0 Å². The van der Waals surface area contributed by atoms with Crippen LogP contribution in [0.3, 0.4) is 0 Å². The highest BCUT2D eigenvalue weighted by atomic mass is 79.9. The molecule has 0 N–H and O–H groups in total. The molecular formula is C10H10BrClN2O. The van der Waals surface area contributed by atoms with Crippen LogP contribution in [0.1, 0.15) is 13.1 Å². The molecule has 0 spiro atoms. The van der Waals surface area contributed by atoms with Crippen molar-refractivity contribution in [2.45, 2.75) is 14.4 Å². The highest BCUT2D eigenvalue weighted by Crippen LogP contribution is 2.27. The number of aromatic nitrogens is 2. The maximum atomic E-state index is 5.98. The number of hydrogen-bond acceptors (Lipinski definition) is 3. The van der Waals surface area contributed by atoms with Gasteiger partial charge in [-0.3, -0.25) is 0 Å². The van der Waals surface area contributed by atoms with E-state index in [9.17, 15) is 0 Å². The van der Waals surface area contributed by atoms with Gasteiger partial charge in [-0.25, -0.2) is 9.97 Å². The topological polar surface area (TPSA) is 38.9 Å². The summed E-state index contributed by atoms with van der Waals surface area (Å²) in [4.78, 5) is 8.27. The molecule has 0 aliphatic carbocycles. The first-order chi connectivity index (χ1) is 6.66. The molecule has 3 nitrogen and oxygen atoms in total. The Bertz CT molecular complexity index is 470. The molecule has 0 bridgehead atoms. The molecule has 0 saturated carbocycles. The molecule has 0 saturated heterocycles. The van der Waals surface area contributed by atoms with E-state index in [1.807, 2.05) is 6.92 Å². The Hall–Kier alpha value is -0.870. The van der Waals surface area contributed by atoms with Crippen LogP contribution in [0.15, 0.2) is 27.4 Å². The lowest BCUT2D eigenvalue weighted by Gasteiger charge is -1.98. The van der Waals surface area contributed by atoms with Crippen molar-refractivity contribution in [3.05, 3.63) is 33.7 Å². The lowest BCUT2D eigenvalue weighted by atomic mass is 10.3. The summed E-state index contributed by atoms with van der Waals surface area (Å²) in [5, 5.41) is 0.515. The number of rotatable bonds is 1. The van der Waals surface area contributed by atoms with Crippen molar-refractivity contribution in [2.24, 2.45) is 0 Å². The van der Waals surface area contributed by atoms with Gasteiger partial charge >= 0.3 is 0 Å². The van der Waals surface area contributed by atoms with Crippen molar-refractivity contribution in [2.75, 3.05) is 0 Å². The molecular weight excluding hydrogens is 279 g/mol. The summed E-state index contributed by atoms with van der Waals surface area (Å²) in [6.45, 7) is 1.85. The average Bonchev–Trinajstić information content (AvgIpc) is 2.51. The molecule has 0 aliphatic rings. The van der Waals surface area contributed by atoms with Crippen molar-refractivity contribution >= 4 is 27.5 Å². The van der Waals surface area contributed by atoms with Crippen molar-refractivity contribution in [3.63, 3.8) is 0 Å². The summed E-state index contributed by atoms with van der Waals surface area (Å²) in [5.41, 5.74) is 1.36. The van der Waals surface area contributed by atoms with E-state index in [1.165, 1.54) is 0 Å². The third kappa shape index (κ3) is 2.58. The maximum absolute atomic E-state index is 5.98. The van der Waals surface area contributed by atoms with Crippen LogP contribution in [0, 0.1) is 6.92 Å². The zero-order chi connectivity index (χ0) is 10.1. The highest BCUT2D eigenvalue weighted by Gasteiger charge is 2.10. The predicted octanol–water partition coefficient (Wildman–Crippen LogP) is 4.10. The summed E-state index contributed by atoms with van der Waals surface area (Å²) in [6.07, 6.45) is 3.22. The van der Waals surface area contributed by atoms with E-state index in [2.05, 4.69) is 25.9 Å². The summed E-state index contributed by atoms with van der Waals surface area (Å²) in [7, 11) is 0. The molecule has 2 aromatic rings. The van der Waals surface area contributed by atoms with Crippen LogP contribution in [-0.4, -0.2) is 9.97 Å². The van der Waals surface area contributed by atoms with E-state index >= 15 is 0 Å². The fourth-order valence-corrected chi connectivity index (χ4v) is 1.74. The normalized spacial score (nSPS) is 9.80. The van der Waals surface area contributed by atoms with Crippen LogP contribution in [0.5, 0.6) is 0 Å². The van der Waals surface area contributed by atoms with Gasteiger partial charge in [-0.15, -0.1) is 0 Å². The van der Waals surface area contributed by atoms with Crippen LogP contribution in [-0.2, 0) is 0 Å². The Labute approximate surface area is 102 Å². The number of oxazole rings is 1. The SMILES string of the molecule is C.Cc1coc(-c2ncc(Br)cc2Cl)n1. The molecule has 5 heteroatoms. The summed E-state index contributed by atoms with van der Waals surface area (Å²) in [6, 6.07) is 1.75.